The Bertz CT molecular complexity index is 640. The highest BCUT2D eigenvalue weighted by Crippen LogP contribution is 2.41. The predicted molar refractivity (Wildman–Crippen MR) is 75.2 cm³/mol. The molecule has 2 aromatic rings. The average molecular weight is 253 g/mol. The molecule has 1 aromatic carbocycles. The molecule has 0 N–H and O–H groups in total. The molecule has 3 heteroatoms. The molecule has 1 aromatic heterocycles. The van der Waals surface area contributed by atoms with Crippen LogP contribution in [0.3, 0.4) is 0 Å². The van der Waals surface area contributed by atoms with E-state index in [2.05, 4.69) is 33.7 Å². The van der Waals surface area contributed by atoms with E-state index in [1.807, 2.05) is 0 Å². The number of hydrogen-bond acceptors (Lipinski definition) is 2. The second kappa shape index (κ2) is 3.60. The van der Waals surface area contributed by atoms with Gasteiger partial charge in [-0.1, -0.05) is 18.6 Å². The van der Waals surface area contributed by atoms with Crippen LogP contribution in [-0.4, -0.2) is 33.1 Å². The largest absolute Gasteiger partial charge is 0.323 e. The summed E-state index contributed by atoms with van der Waals surface area (Å²) in [5.74, 6) is 1.32. The fourth-order valence-corrected chi connectivity index (χ4v) is 4.33. The Balaban J connectivity index is 1.59. The third-order valence-corrected chi connectivity index (χ3v) is 5.43. The van der Waals surface area contributed by atoms with E-state index in [1.165, 1.54) is 49.1 Å². The zero-order chi connectivity index (χ0) is 12.4. The highest BCUT2D eigenvalue weighted by Gasteiger charge is 2.43. The Morgan fingerprint density at radius 2 is 1.95 bits per heavy atom. The number of rotatable bonds is 1. The molecule has 1 saturated heterocycles. The minimum Gasteiger partial charge on any atom is -0.323 e. The Kier molecular flexibility index (Phi) is 1.98. The summed E-state index contributed by atoms with van der Waals surface area (Å²) in [5.41, 5.74) is 2.52. The zero-order valence-electron chi connectivity index (χ0n) is 11.1. The fraction of sp³-hybridized carbons (Fsp3) is 0.562. The van der Waals surface area contributed by atoms with Crippen molar-refractivity contribution in [3.05, 3.63) is 30.1 Å². The Labute approximate surface area is 113 Å². The van der Waals surface area contributed by atoms with Crippen molar-refractivity contribution in [2.45, 2.75) is 50.2 Å². The lowest BCUT2D eigenvalue weighted by Gasteiger charge is -2.38. The molecule has 2 fully saturated rings. The summed E-state index contributed by atoms with van der Waals surface area (Å²) in [6, 6.07) is 10.9. The molecule has 3 aliphatic rings. The monoisotopic (exact) mass is 253 g/mol. The number of benzene rings is 1. The van der Waals surface area contributed by atoms with Crippen molar-refractivity contribution in [2.24, 2.45) is 0 Å². The first kappa shape index (κ1) is 10.4. The molecule has 0 radical (unpaired) electrons. The van der Waals surface area contributed by atoms with Crippen LogP contribution in [0.25, 0.3) is 11.0 Å². The normalized spacial score (nSPS) is 30.5. The molecule has 3 heterocycles. The van der Waals surface area contributed by atoms with Crippen molar-refractivity contribution < 1.29 is 0 Å². The number of nitrogens with zero attached hydrogens (tertiary/aromatic N) is 3. The topological polar surface area (TPSA) is 21.1 Å². The number of imidazole rings is 1. The minimum absolute atomic E-state index is 0.668. The first-order valence-corrected chi connectivity index (χ1v) is 7.62. The fourth-order valence-electron chi connectivity index (χ4n) is 4.33. The van der Waals surface area contributed by atoms with E-state index in [-0.39, 0.29) is 0 Å². The summed E-state index contributed by atoms with van der Waals surface area (Å²) in [7, 11) is 0. The van der Waals surface area contributed by atoms with Gasteiger partial charge in [0, 0.05) is 31.1 Å². The van der Waals surface area contributed by atoms with Crippen molar-refractivity contribution in [3.63, 3.8) is 0 Å². The van der Waals surface area contributed by atoms with E-state index < -0.39 is 0 Å². The van der Waals surface area contributed by atoms with Gasteiger partial charge in [-0.15, -0.1) is 0 Å². The summed E-state index contributed by atoms with van der Waals surface area (Å²) < 4.78 is 2.53. The molecule has 2 aliphatic heterocycles. The smallest absolute Gasteiger partial charge is 0.111 e. The van der Waals surface area contributed by atoms with Crippen LogP contribution < -0.4 is 0 Å². The Morgan fingerprint density at radius 3 is 2.79 bits per heavy atom. The SMILES string of the molecule is c1ccc2c(c1)nc1n2C2CC(C1)N(C1CCC1)C2. The molecule has 1 saturated carbocycles. The molecule has 2 unspecified atom stereocenters. The summed E-state index contributed by atoms with van der Waals surface area (Å²) in [6.07, 6.45) is 6.77. The van der Waals surface area contributed by atoms with Crippen molar-refractivity contribution in [2.75, 3.05) is 6.54 Å². The van der Waals surface area contributed by atoms with Gasteiger partial charge in [0.1, 0.15) is 5.82 Å². The van der Waals surface area contributed by atoms with E-state index in [4.69, 9.17) is 4.98 Å². The van der Waals surface area contributed by atoms with Crippen LogP contribution in [0.5, 0.6) is 0 Å². The Hall–Kier alpha value is -1.35. The molecule has 0 spiro atoms. The quantitative estimate of drug-likeness (QED) is 0.779. The van der Waals surface area contributed by atoms with Gasteiger partial charge in [0.2, 0.25) is 0 Å². The van der Waals surface area contributed by atoms with Crippen LogP contribution in [0.4, 0.5) is 0 Å². The van der Waals surface area contributed by atoms with E-state index in [1.54, 1.807) is 0 Å². The molecule has 3 nitrogen and oxygen atoms in total. The standard InChI is InChI=1S/C16H19N3/c1-2-7-15-14(6-1)17-16-9-12-8-13(19(15)16)10-18(12)11-4-3-5-11/h1-2,6-7,11-13H,3-5,8-10H2. The number of para-hydroxylation sites is 2. The lowest BCUT2D eigenvalue weighted by molar-refractivity contribution is 0.114. The van der Waals surface area contributed by atoms with Crippen LogP contribution in [0, 0.1) is 0 Å². The number of likely N-dealkylation sites (tertiary alicyclic amines) is 1. The highest BCUT2D eigenvalue weighted by atomic mass is 15.3. The number of hydrogen-bond donors (Lipinski definition) is 0. The van der Waals surface area contributed by atoms with E-state index in [0.717, 1.165) is 18.5 Å². The van der Waals surface area contributed by atoms with Crippen molar-refractivity contribution in [3.8, 4) is 0 Å². The maximum absolute atomic E-state index is 4.87. The minimum atomic E-state index is 0.668. The highest BCUT2D eigenvalue weighted by molar-refractivity contribution is 5.76. The zero-order valence-corrected chi connectivity index (χ0v) is 11.1. The maximum atomic E-state index is 4.87. The molecular weight excluding hydrogens is 234 g/mol. The van der Waals surface area contributed by atoms with Gasteiger partial charge in [-0.2, -0.15) is 0 Å². The number of aromatic nitrogens is 2. The lowest BCUT2D eigenvalue weighted by atomic mass is 9.90. The van der Waals surface area contributed by atoms with Crippen molar-refractivity contribution >= 4 is 11.0 Å². The van der Waals surface area contributed by atoms with E-state index in [9.17, 15) is 0 Å². The average Bonchev–Trinajstić information content (AvgIpc) is 2.88. The molecule has 5 rings (SSSR count). The van der Waals surface area contributed by atoms with Gasteiger partial charge in [0.25, 0.3) is 0 Å². The van der Waals surface area contributed by atoms with Crippen LogP contribution in [0.2, 0.25) is 0 Å². The van der Waals surface area contributed by atoms with Crippen molar-refractivity contribution in [1.29, 1.82) is 0 Å². The summed E-state index contributed by atoms with van der Waals surface area (Å²) in [6.45, 7) is 1.25. The third kappa shape index (κ3) is 1.34. The molecule has 98 valence electrons. The lowest BCUT2D eigenvalue weighted by Crippen LogP contribution is -2.43. The molecular formula is C16H19N3. The van der Waals surface area contributed by atoms with Crippen molar-refractivity contribution in [1.82, 2.24) is 14.5 Å². The van der Waals surface area contributed by atoms with Gasteiger partial charge in [0.05, 0.1) is 11.0 Å². The van der Waals surface area contributed by atoms with E-state index >= 15 is 0 Å². The van der Waals surface area contributed by atoms with Crippen LogP contribution in [0.15, 0.2) is 24.3 Å². The molecule has 19 heavy (non-hydrogen) atoms. The van der Waals surface area contributed by atoms with Crippen LogP contribution in [0.1, 0.15) is 37.5 Å². The second-order valence-corrected chi connectivity index (χ2v) is 6.42. The summed E-state index contributed by atoms with van der Waals surface area (Å²) in [5, 5.41) is 0. The van der Waals surface area contributed by atoms with Gasteiger partial charge < -0.3 is 4.57 Å². The van der Waals surface area contributed by atoms with Gasteiger partial charge >= 0.3 is 0 Å². The molecule has 0 amide bonds. The van der Waals surface area contributed by atoms with Gasteiger partial charge in [-0.25, -0.2) is 4.98 Å². The first-order chi connectivity index (χ1) is 9.40. The van der Waals surface area contributed by atoms with Gasteiger partial charge in [0.15, 0.2) is 0 Å². The third-order valence-electron chi connectivity index (χ3n) is 5.43. The summed E-state index contributed by atoms with van der Waals surface area (Å²) in [4.78, 5) is 7.66. The van der Waals surface area contributed by atoms with E-state index in [0.29, 0.717) is 6.04 Å². The maximum Gasteiger partial charge on any atom is 0.111 e. The predicted octanol–water partition coefficient (Wildman–Crippen LogP) is 2.76. The molecule has 2 atom stereocenters. The van der Waals surface area contributed by atoms with Crippen LogP contribution in [-0.2, 0) is 6.42 Å². The van der Waals surface area contributed by atoms with Crippen LogP contribution >= 0.6 is 0 Å². The molecule has 1 aliphatic carbocycles. The summed E-state index contributed by atoms with van der Waals surface area (Å²) >= 11 is 0. The van der Waals surface area contributed by atoms with Gasteiger partial charge in [-0.05, 0) is 31.4 Å². The Morgan fingerprint density at radius 1 is 1.05 bits per heavy atom. The van der Waals surface area contributed by atoms with Gasteiger partial charge in [-0.3, -0.25) is 4.90 Å². The number of fused-ring (bicyclic) bond motifs is 6. The molecule has 2 bridgehead atoms. The second-order valence-electron chi connectivity index (χ2n) is 6.42. The first-order valence-electron chi connectivity index (χ1n) is 7.62.